The Labute approximate surface area is 118 Å². The van der Waals surface area contributed by atoms with Gasteiger partial charge in [0.2, 0.25) is 0 Å². The summed E-state index contributed by atoms with van der Waals surface area (Å²) in [6.07, 6.45) is 3.04. The van der Waals surface area contributed by atoms with E-state index in [1.165, 1.54) is 29.8 Å². The zero-order valence-corrected chi connectivity index (χ0v) is 12.1. The van der Waals surface area contributed by atoms with E-state index in [1.807, 2.05) is 5.38 Å². The van der Waals surface area contributed by atoms with Crippen molar-refractivity contribution in [2.24, 2.45) is 5.92 Å². The highest BCUT2D eigenvalue weighted by molar-refractivity contribution is 7.20. The van der Waals surface area contributed by atoms with Crippen LogP contribution in [-0.4, -0.2) is 29.3 Å². The van der Waals surface area contributed by atoms with Gasteiger partial charge >= 0.3 is 5.97 Å². The molecule has 0 amide bonds. The molecule has 0 N–H and O–H groups in total. The number of carbonyl (C=O) groups excluding carboxylic acids is 2. The Bertz CT molecular complexity index is 578. The van der Waals surface area contributed by atoms with Gasteiger partial charge in [-0.3, -0.25) is 0 Å². The van der Waals surface area contributed by atoms with Gasteiger partial charge in [-0.15, -0.1) is 22.7 Å². The summed E-state index contributed by atoms with van der Waals surface area (Å²) < 4.78 is 4.72. The van der Waals surface area contributed by atoms with E-state index >= 15 is 0 Å². The van der Waals surface area contributed by atoms with Gasteiger partial charge in [-0.25, -0.2) is 14.8 Å². The van der Waals surface area contributed by atoms with Gasteiger partial charge in [0.1, 0.15) is 6.29 Å². The zero-order chi connectivity index (χ0) is 13.8. The van der Waals surface area contributed by atoms with Gasteiger partial charge in [0.25, 0.3) is 0 Å². The highest BCUT2D eigenvalue weighted by Gasteiger charge is 2.21. The number of hydrogen-bond acceptors (Lipinski definition) is 7. The summed E-state index contributed by atoms with van der Waals surface area (Å²) in [5, 5.41) is 3.30. The Kier molecular flexibility index (Phi) is 4.39. The lowest BCUT2D eigenvalue weighted by Crippen LogP contribution is -2.08. The molecule has 2 rings (SSSR count). The summed E-state index contributed by atoms with van der Waals surface area (Å²) in [4.78, 5) is 31.7. The molecule has 2 aromatic rings. The molecule has 100 valence electrons. The van der Waals surface area contributed by atoms with Crippen molar-refractivity contribution in [1.29, 1.82) is 0 Å². The number of esters is 1. The summed E-state index contributed by atoms with van der Waals surface area (Å²) in [6.45, 7) is 1.80. The Morgan fingerprint density at radius 2 is 2.32 bits per heavy atom. The average molecular weight is 296 g/mol. The Morgan fingerprint density at radius 1 is 1.53 bits per heavy atom. The van der Waals surface area contributed by atoms with Crippen molar-refractivity contribution in [3.05, 3.63) is 22.1 Å². The Morgan fingerprint density at radius 3 is 2.89 bits per heavy atom. The van der Waals surface area contributed by atoms with Crippen molar-refractivity contribution in [1.82, 2.24) is 9.97 Å². The molecule has 2 heterocycles. The number of hydrogen-bond donors (Lipinski definition) is 0. The molecule has 1 atom stereocenters. The van der Waals surface area contributed by atoms with Crippen molar-refractivity contribution >= 4 is 34.9 Å². The number of rotatable bonds is 5. The maximum absolute atomic E-state index is 11.7. The maximum Gasteiger partial charge on any atom is 0.357 e. The fourth-order valence-electron chi connectivity index (χ4n) is 1.51. The van der Waals surface area contributed by atoms with Crippen molar-refractivity contribution in [3.8, 4) is 10.0 Å². The molecule has 0 bridgehead atoms. The zero-order valence-electron chi connectivity index (χ0n) is 10.5. The predicted molar refractivity (Wildman–Crippen MR) is 73.5 cm³/mol. The number of aromatic nitrogens is 2. The second-order valence-electron chi connectivity index (χ2n) is 3.94. The van der Waals surface area contributed by atoms with E-state index in [0.29, 0.717) is 11.4 Å². The Balaban J connectivity index is 2.39. The highest BCUT2D eigenvalue weighted by atomic mass is 32.1. The normalized spacial score (nSPS) is 12.1. The van der Waals surface area contributed by atoms with E-state index in [2.05, 4.69) is 9.97 Å². The summed E-state index contributed by atoms with van der Waals surface area (Å²) in [7, 11) is 1.32. The van der Waals surface area contributed by atoms with Crippen LogP contribution in [0.5, 0.6) is 0 Å². The molecule has 0 saturated carbocycles. The van der Waals surface area contributed by atoms with E-state index in [0.717, 1.165) is 16.2 Å². The van der Waals surface area contributed by atoms with Crippen LogP contribution in [0.3, 0.4) is 0 Å². The number of ether oxygens (including phenoxy) is 1. The fourth-order valence-corrected chi connectivity index (χ4v) is 3.38. The second-order valence-corrected chi connectivity index (χ2v) is 5.92. The van der Waals surface area contributed by atoms with Crippen LogP contribution in [0.15, 0.2) is 11.6 Å². The number of carbonyl (C=O) groups is 2. The molecule has 2 aromatic heterocycles. The van der Waals surface area contributed by atoms with Crippen LogP contribution < -0.4 is 0 Å². The SMILES string of the molecule is COC(=O)c1nc(-c2nccs2)sc1CC(C)C=O. The smallest absolute Gasteiger partial charge is 0.357 e. The van der Waals surface area contributed by atoms with Crippen LogP contribution in [0.1, 0.15) is 22.3 Å². The molecule has 19 heavy (non-hydrogen) atoms. The average Bonchev–Trinajstić information content (AvgIpc) is 3.06. The van der Waals surface area contributed by atoms with Crippen molar-refractivity contribution < 1.29 is 14.3 Å². The third kappa shape index (κ3) is 3.05. The van der Waals surface area contributed by atoms with E-state index < -0.39 is 5.97 Å². The van der Waals surface area contributed by atoms with Crippen molar-refractivity contribution in [2.45, 2.75) is 13.3 Å². The molecular weight excluding hydrogens is 284 g/mol. The van der Waals surface area contributed by atoms with Gasteiger partial charge in [-0.05, 0) is 6.42 Å². The largest absolute Gasteiger partial charge is 0.464 e. The molecule has 0 aliphatic rings. The molecule has 1 unspecified atom stereocenters. The van der Waals surface area contributed by atoms with Crippen LogP contribution >= 0.6 is 22.7 Å². The molecule has 5 nitrogen and oxygen atoms in total. The van der Waals surface area contributed by atoms with Crippen LogP contribution in [-0.2, 0) is 16.0 Å². The van der Waals surface area contributed by atoms with Gasteiger partial charge in [-0.2, -0.15) is 0 Å². The third-order valence-corrected chi connectivity index (χ3v) is 4.42. The number of thiazole rings is 2. The summed E-state index contributed by atoms with van der Waals surface area (Å²) in [6, 6.07) is 0. The summed E-state index contributed by atoms with van der Waals surface area (Å²) >= 11 is 2.84. The topological polar surface area (TPSA) is 69.2 Å². The van der Waals surface area contributed by atoms with Gasteiger partial charge in [0.05, 0.1) is 7.11 Å². The minimum atomic E-state index is -0.479. The number of aldehydes is 1. The van der Waals surface area contributed by atoms with Crippen LogP contribution in [0, 0.1) is 5.92 Å². The molecule has 0 aromatic carbocycles. The second kappa shape index (κ2) is 6.03. The fraction of sp³-hybridized carbons (Fsp3) is 0.333. The summed E-state index contributed by atoms with van der Waals surface area (Å²) in [5.41, 5.74) is 0.284. The minimum absolute atomic E-state index is 0.159. The number of methoxy groups -OCH3 is 1. The number of nitrogens with zero attached hydrogens (tertiary/aromatic N) is 2. The first kappa shape index (κ1) is 13.8. The summed E-state index contributed by atoms with van der Waals surface area (Å²) in [5.74, 6) is -0.639. The van der Waals surface area contributed by atoms with Crippen LogP contribution in [0.2, 0.25) is 0 Å². The first-order valence-corrected chi connectivity index (χ1v) is 7.28. The van der Waals surface area contributed by atoms with E-state index in [-0.39, 0.29) is 11.6 Å². The molecular formula is C12H12N2O3S2. The van der Waals surface area contributed by atoms with Crippen molar-refractivity contribution in [2.75, 3.05) is 7.11 Å². The van der Waals surface area contributed by atoms with Gasteiger partial charge < -0.3 is 9.53 Å². The molecule has 0 radical (unpaired) electrons. The van der Waals surface area contributed by atoms with Crippen LogP contribution in [0.4, 0.5) is 0 Å². The van der Waals surface area contributed by atoms with E-state index in [9.17, 15) is 9.59 Å². The molecule has 0 saturated heterocycles. The molecule has 0 aliphatic heterocycles. The lowest BCUT2D eigenvalue weighted by molar-refractivity contribution is -0.110. The van der Waals surface area contributed by atoms with Crippen molar-refractivity contribution in [3.63, 3.8) is 0 Å². The predicted octanol–water partition coefficient (Wildman–Crippen LogP) is 2.43. The van der Waals surface area contributed by atoms with E-state index in [4.69, 9.17) is 4.74 Å². The lowest BCUT2D eigenvalue weighted by Gasteiger charge is -2.02. The third-order valence-electron chi connectivity index (χ3n) is 2.43. The quantitative estimate of drug-likeness (QED) is 0.626. The molecule has 0 aliphatic carbocycles. The minimum Gasteiger partial charge on any atom is -0.464 e. The van der Waals surface area contributed by atoms with Gasteiger partial charge in [0, 0.05) is 22.4 Å². The molecule has 0 spiro atoms. The van der Waals surface area contributed by atoms with Crippen LogP contribution in [0.25, 0.3) is 10.0 Å². The highest BCUT2D eigenvalue weighted by Crippen LogP contribution is 2.31. The van der Waals surface area contributed by atoms with Gasteiger partial charge in [-0.1, -0.05) is 6.92 Å². The van der Waals surface area contributed by atoms with E-state index in [1.54, 1.807) is 13.1 Å². The monoisotopic (exact) mass is 296 g/mol. The molecule has 0 fully saturated rings. The van der Waals surface area contributed by atoms with Gasteiger partial charge in [0.15, 0.2) is 15.7 Å². The maximum atomic E-state index is 11.7. The first-order chi connectivity index (χ1) is 9.15. The lowest BCUT2D eigenvalue weighted by atomic mass is 10.1. The first-order valence-electron chi connectivity index (χ1n) is 5.59. The molecule has 7 heteroatoms. The standard InChI is InChI=1S/C12H12N2O3S2/c1-7(6-15)5-8-9(12(16)17-2)14-11(19-8)10-13-3-4-18-10/h3-4,6-7H,5H2,1-2H3. The Hall–Kier alpha value is -1.60.